The first kappa shape index (κ1) is 13.0. The molecule has 2 atom stereocenters. The van der Waals surface area contributed by atoms with Gasteiger partial charge in [0.2, 0.25) is 5.91 Å². The van der Waals surface area contributed by atoms with Crippen LogP contribution in [0, 0.1) is 0 Å². The predicted molar refractivity (Wildman–Crippen MR) is 69.4 cm³/mol. The van der Waals surface area contributed by atoms with Crippen LogP contribution >= 0.6 is 11.6 Å². The molecule has 0 aromatic heterocycles. The van der Waals surface area contributed by atoms with Crippen LogP contribution in [0.5, 0.6) is 11.5 Å². The Morgan fingerprint density at radius 2 is 2.33 bits per heavy atom. The van der Waals surface area contributed by atoms with Crippen molar-refractivity contribution in [1.82, 2.24) is 5.32 Å². The van der Waals surface area contributed by atoms with Gasteiger partial charge in [0.25, 0.3) is 0 Å². The molecule has 0 spiro atoms. The lowest BCUT2D eigenvalue weighted by Gasteiger charge is -2.14. The maximum absolute atomic E-state index is 11.6. The van der Waals surface area contributed by atoms with Gasteiger partial charge in [-0.3, -0.25) is 4.79 Å². The summed E-state index contributed by atoms with van der Waals surface area (Å²) >= 11 is 6.13. The van der Waals surface area contributed by atoms with Gasteiger partial charge in [0.15, 0.2) is 0 Å². The summed E-state index contributed by atoms with van der Waals surface area (Å²) in [7, 11) is 3.12. The summed E-state index contributed by atoms with van der Waals surface area (Å²) in [5, 5.41) is 1.74. The standard InChI is InChI=1S/C13H16ClNO3/c1-7-4-8-5-11(17-3)9(6-10(8)18-7)12(14)13(16)15-2/h5-7,12H,4H2,1-3H3,(H,15,16). The number of benzene rings is 1. The van der Waals surface area contributed by atoms with Crippen molar-refractivity contribution in [2.24, 2.45) is 0 Å². The van der Waals surface area contributed by atoms with E-state index < -0.39 is 5.38 Å². The van der Waals surface area contributed by atoms with E-state index in [2.05, 4.69) is 5.32 Å². The van der Waals surface area contributed by atoms with Crippen LogP contribution in [0.1, 0.15) is 23.4 Å². The highest BCUT2D eigenvalue weighted by atomic mass is 35.5. The van der Waals surface area contributed by atoms with Crippen molar-refractivity contribution < 1.29 is 14.3 Å². The summed E-state index contributed by atoms with van der Waals surface area (Å²) in [4.78, 5) is 11.6. The zero-order valence-corrected chi connectivity index (χ0v) is 11.4. The van der Waals surface area contributed by atoms with Crippen molar-refractivity contribution >= 4 is 17.5 Å². The number of carbonyl (C=O) groups is 1. The number of likely N-dealkylation sites (N-methyl/N-ethyl adjacent to an activating group) is 1. The van der Waals surface area contributed by atoms with Gasteiger partial charge in [0.1, 0.15) is 23.0 Å². The molecule has 1 aliphatic rings. The molecule has 0 bridgehead atoms. The van der Waals surface area contributed by atoms with E-state index in [4.69, 9.17) is 21.1 Å². The van der Waals surface area contributed by atoms with E-state index in [0.29, 0.717) is 11.3 Å². The lowest BCUT2D eigenvalue weighted by atomic mass is 10.0. The molecule has 98 valence electrons. The first-order chi connectivity index (χ1) is 8.56. The Labute approximate surface area is 111 Å². The fraction of sp³-hybridized carbons (Fsp3) is 0.462. The molecule has 0 saturated heterocycles. The maximum Gasteiger partial charge on any atom is 0.242 e. The number of hydrogen-bond donors (Lipinski definition) is 1. The van der Waals surface area contributed by atoms with Crippen molar-refractivity contribution in [2.45, 2.75) is 24.8 Å². The van der Waals surface area contributed by atoms with Gasteiger partial charge in [0.05, 0.1) is 7.11 Å². The Kier molecular flexibility index (Phi) is 3.66. The van der Waals surface area contributed by atoms with Crippen molar-refractivity contribution in [3.05, 3.63) is 23.3 Å². The number of carbonyl (C=O) groups excluding carboxylic acids is 1. The number of alkyl halides is 1. The molecular formula is C13H16ClNO3. The van der Waals surface area contributed by atoms with Gasteiger partial charge < -0.3 is 14.8 Å². The molecule has 1 amide bonds. The van der Waals surface area contributed by atoms with Crippen LogP contribution in [0.25, 0.3) is 0 Å². The van der Waals surface area contributed by atoms with Crippen molar-refractivity contribution in [2.75, 3.05) is 14.2 Å². The zero-order chi connectivity index (χ0) is 13.3. The third-order valence-electron chi connectivity index (χ3n) is 3.00. The summed E-state index contributed by atoms with van der Waals surface area (Å²) in [6, 6.07) is 3.69. The molecule has 1 aliphatic heterocycles. The smallest absolute Gasteiger partial charge is 0.242 e. The second kappa shape index (κ2) is 5.06. The topological polar surface area (TPSA) is 47.6 Å². The zero-order valence-electron chi connectivity index (χ0n) is 10.6. The van der Waals surface area contributed by atoms with E-state index in [0.717, 1.165) is 17.7 Å². The molecule has 1 N–H and O–H groups in total. The Bertz CT molecular complexity index is 476. The summed E-state index contributed by atoms with van der Waals surface area (Å²) in [6.45, 7) is 2.00. The number of halogens is 1. The van der Waals surface area contributed by atoms with E-state index in [1.54, 1.807) is 20.2 Å². The van der Waals surface area contributed by atoms with Gasteiger partial charge in [-0.15, -0.1) is 11.6 Å². The second-order valence-electron chi connectivity index (χ2n) is 4.31. The monoisotopic (exact) mass is 269 g/mol. The largest absolute Gasteiger partial charge is 0.496 e. The van der Waals surface area contributed by atoms with Crippen LogP contribution in [0.15, 0.2) is 12.1 Å². The Hall–Kier alpha value is -1.42. The molecule has 4 nitrogen and oxygen atoms in total. The number of fused-ring (bicyclic) bond motifs is 1. The summed E-state index contributed by atoms with van der Waals surface area (Å²) in [5.74, 6) is 1.14. The van der Waals surface area contributed by atoms with E-state index in [1.165, 1.54) is 0 Å². The number of methoxy groups -OCH3 is 1. The van der Waals surface area contributed by atoms with Gasteiger partial charge in [-0.2, -0.15) is 0 Å². The average molecular weight is 270 g/mol. The normalized spacial score (nSPS) is 18.8. The molecule has 0 fully saturated rings. The molecule has 1 aromatic rings. The molecule has 18 heavy (non-hydrogen) atoms. The van der Waals surface area contributed by atoms with Gasteiger partial charge >= 0.3 is 0 Å². The maximum atomic E-state index is 11.6. The molecule has 1 heterocycles. The van der Waals surface area contributed by atoms with Crippen LogP contribution in [0.4, 0.5) is 0 Å². The minimum atomic E-state index is -0.783. The molecule has 0 saturated carbocycles. The highest BCUT2D eigenvalue weighted by Gasteiger charge is 2.26. The number of nitrogens with one attached hydrogen (secondary N) is 1. The highest BCUT2D eigenvalue weighted by Crippen LogP contribution is 2.39. The SMILES string of the molecule is CNC(=O)C(Cl)c1cc2c(cc1OC)CC(C)O2. The lowest BCUT2D eigenvalue weighted by molar-refractivity contribution is -0.120. The first-order valence-electron chi connectivity index (χ1n) is 5.80. The molecule has 0 aliphatic carbocycles. The fourth-order valence-electron chi connectivity index (χ4n) is 2.10. The minimum absolute atomic E-state index is 0.147. The van der Waals surface area contributed by atoms with Crippen LogP contribution < -0.4 is 14.8 Å². The van der Waals surface area contributed by atoms with Gasteiger partial charge in [-0.05, 0) is 19.1 Å². The summed E-state index contributed by atoms with van der Waals surface area (Å²) in [5.41, 5.74) is 1.72. The molecular weight excluding hydrogens is 254 g/mol. The third kappa shape index (κ3) is 2.25. The number of rotatable bonds is 3. The second-order valence-corrected chi connectivity index (χ2v) is 4.75. The lowest BCUT2D eigenvalue weighted by Crippen LogP contribution is -2.22. The summed E-state index contributed by atoms with van der Waals surface area (Å²) in [6.07, 6.45) is 0.993. The Morgan fingerprint density at radius 1 is 1.61 bits per heavy atom. The number of amides is 1. The van der Waals surface area contributed by atoms with Crippen LogP contribution in [0.2, 0.25) is 0 Å². The first-order valence-corrected chi connectivity index (χ1v) is 6.23. The van der Waals surface area contributed by atoms with Crippen molar-refractivity contribution in [1.29, 1.82) is 0 Å². The highest BCUT2D eigenvalue weighted by molar-refractivity contribution is 6.31. The van der Waals surface area contributed by atoms with E-state index in [9.17, 15) is 4.79 Å². The Balaban J connectivity index is 2.41. The van der Waals surface area contributed by atoms with Gasteiger partial charge in [-0.1, -0.05) is 0 Å². The van der Waals surface area contributed by atoms with E-state index >= 15 is 0 Å². The third-order valence-corrected chi connectivity index (χ3v) is 3.43. The molecule has 1 aromatic carbocycles. The predicted octanol–water partition coefficient (Wildman–Crippen LogP) is 2.04. The molecule has 0 radical (unpaired) electrons. The van der Waals surface area contributed by atoms with Crippen LogP contribution in [-0.2, 0) is 11.2 Å². The van der Waals surface area contributed by atoms with E-state index in [1.807, 2.05) is 13.0 Å². The average Bonchev–Trinajstić information content (AvgIpc) is 2.74. The number of ether oxygens (including phenoxy) is 2. The number of hydrogen-bond acceptors (Lipinski definition) is 3. The fourth-order valence-corrected chi connectivity index (χ4v) is 2.38. The molecule has 2 unspecified atom stereocenters. The van der Waals surface area contributed by atoms with Gasteiger partial charge in [0, 0.05) is 24.6 Å². The quantitative estimate of drug-likeness (QED) is 0.855. The van der Waals surface area contributed by atoms with Crippen molar-refractivity contribution in [3.63, 3.8) is 0 Å². The van der Waals surface area contributed by atoms with Crippen LogP contribution in [0.3, 0.4) is 0 Å². The summed E-state index contributed by atoms with van der Waals surface area (Å²) < 4.78 is 11.0. The molecule has 2 rings (SSSR count). The van der Waals surface area contributed by atoms with Crippen LogP contribution in [-0.4, -0.2) is 26.2 Å². The van der Waals surface area contributed by atoms with E-state index in [-0.39, 0.29) is 12.0 Å². The minimum Gasteiger partial charge on any atom is -0.496 e. The van der Waals surface area contributed by atoms with Gasteiger partial charge in [-0.25, -0.2) is 0 Å². The molecule has 5 heteroatoms. The Morgan fingerprint density at radius 3 is 2.94 bits per heavy atom. The van der Waals surface area contributed by atoms with Crippen molar-refractivity contribution in [3.8, 4) is 11.5 Å².